The van der Waals surface area contributed by atoms with Crippen LogP contribution in [-0.2, 0) is 0 Å². The zero-order chi connectivity index (χ0) is 15.5. The Morgan fingerprint density at radius 1 is 1.04 bits per heavy atom. The molecule has 4 nitrogen and oxygen atoms in total. The van der Waals surface area contributed by atoms with E-state index in [-0.39, 0.29) is 24.8 Å². The van der Waals surface area contributed by atoms with Gasteiger partial charge < -0.3 is 14.8 Å². The summed E-state index contributed by atoms with van der Waals surface area (Å²) in [6, 6.07) is 6.60. The lowest BCUT2D eigenvalue weighted by Gasteiger charge is -2.28. The van der Waals surface area contributed by atoms with E-state index in [0.717, 1.165) is 28.3 Å². The zero-order valence-electron chi connectivity index (χ0n) is 14.4. The van der Waals surface area contributed by atoms with Crippen LogP contribution in [0.25, 0.3) is 10.9 Å². The van der Waals surface area contributed by atoms with Crippen LogP contribution in [0, 0.1) is 5.92 Å². The van der Waals surface area contributed by atoms with Crippen LogP contribution in [0.5, 0.6) is 11.5 Å². The smallest absolute Gasteiger partial charge is 0.162 e. The van der Waals surface area contributed by atoms with Gasteiger partial charge in [-0.15, -0.1) is 24.8 Å². The summed E-state index contributed by atoms with van der Waals surface area (Å²) in [4.78, 5) is 4.55. The summed E-state index contributed by atoms with van der Waals surface area (Å²) in [5.41, 5.74) is 2.00. The Balaban J connectivity index is 0.00000144. The second-order valence-corrected chi connectivity index (χ2v) is 6.24. The van der Waals surface area contributed by atoms with Gasteiger partial charge in [0, 0.05) is 17.5 Å². The molecule has 0 aliphatic heterocycles. The zero-order valence-corrected chi connectivity index (χ0v) is 16.0. The van der Waals surface area contributed by atoms with Gasteiger partial charge in [-0.1, -0.05) is 19.8 Å². The number of ether oxygens (including phenoxy) is 2. The topological polar surface area (TPSA) is 43.4 Å². The standard InChI is InChI=1S/C18H24N2O2.2ClH/c1-12-5-4-6-14(7-12)20-15-8-13-9-17(21-2)18(22-3)10-16(13)19-11-15;;/h8-12,14,20H,4-7H2,1-3H3;2*1H/t12-,14?;;/m1../s1. The predicted octanol–water partition coefficient (Wildman–Crippen LogP) is 5.09. The molecule has 3 rings (SSSR count). The number of halogens is 2. The molecule has 0 radical (unpaired) electrons. The molecule has 1 saturated carbocycles. The number of benzene rings is 1. The van der Waals surface area contributed by atoms with Crippen molar-refractivity contribution >= 4 is 41.4 Å². The van der Waals surface area contributed by atoms with Crippen LogP contribution in [0.4, 0.5) is 5.69 Å². The van der Waals surface area contributed by atoms with Crippen molar-refractivity contribution in [2.45, 2.75) is 38.6 Å². The van der Waals surface area contributed by atoms with Crippen LogP contribution >= 0.6 is 24.8 Å². The Labute approximate surface area is 156 Å². The lowest BCUT2D eigenvalue weighted by molar-refractivity contribution is 0.355. The second-order valence-electron chi connectivity index (χ2n) is 6.24. The van der Waals surface area contributed by atoms with Crippen LogP contribution in [0.3, 0.4) is 0 Å². The van der Waals surface area contributed by atoms with Crippen molar-refractivity contribution in [3.63, 3.8) is 0 Å². The van der Waals surface area contributed by atoms with E-state index in [0.29, 0.717) is 11.8 Å². The quantitative estimate of drug-likeness (QED) is 0.811. The molecule has 1 aromatic carbocycles. The first-order valence-corrected chi connectivity index (χ1v) is 7.98. The molecule has 0 spiro atoms. The molecule has 1 aromatic heterocycles. The third-order valence-electron chi connectivity index (χ3n) is 4.49. The van der Waals surface area contributed by atoms with Crippen molar-refractivity contribution in [2.75, 3.05) is 19.5 Å². The summed E-state index contributed by atoms with van der Waals surface area (Å²) >= 11 is 0. The summed E-state index contributed by atoms with van der Waals surface area (Å²) in [5, 5.41) is 4.70. The normalized spacial score (nSPS) is 19.8. The highest BCUT2D eigenvalue weighted by Crippen LogP contribution is 2.33. The SMILES string of the molecule is COc1cc2cc(NC3CCC[C@@H](C)C3)cnc2cc1OC.Cl.Cl. The van der Waals surface area contributed by atoms with Crippen LogP contribution in [0.1, 0.15) is 32.6 Å². The number of rotatable bonds is 4. The van der Waals surface area contributed by atoms with Gasteiger partial charge in [0.25, 0.3) is 0 Å². The van der Waals surface area contributed by atoms with Gasteiger partial charge in [-0.3, -0.25) is 4.98 Å². The summed E-state index contributed by atoms with van der Waals surface area (Å²) in [5.74, 6) is 2.26. The molecule has 24 heavy (non-hydrogen) atoms. The van der Waals surface area contributed by atoms with E-state index in [1.54, 1.807) is 14.2 Å². The monoisotopic (exact) mass is 372 g/mol. The molecule has 1 aliphatic carbocycles. The van der Waals surface area contributed by atoms with E-state index in [2.05, 4.69) is 23.3 Å². The maximum absolute atomic E-state index is 5.38. The van der Waals surface area contributed by atoms with Gasteiger partial charge in [0.1, 0.15) is 0 Å². The molecule has 6 heteroatoms. The fraction of sp³-hybridized carbons (Fsp3) is 0.500. The van der Waals surface area contributed by atoms with Crippen LogP contribution < -0.4 is 14.8 Å². The molecule has 134 valence electrons. The number of fused-ring (bicyclic) bond motifs is 1. The number of hydrogen-bond donors (Lipinski definition) is 1. The van der Waals surface area contributed by atoms with Crippen molar-refractivity contribution in [1.82, 2.24) is 4.98 Å². The molecule has 1 fully saturated rings. The van der Waals surface area contributed by atoms with Crippen molar-refractivity contribution in [3.05, 3.63) is 24.4 Å². The fourth-order valence-electron chi connectivity index (χ4n) is 3.34. The number of anilines is 1. The lowest BCUT2D eigenvalue weighted by Crippen LogP contribution is -2.26. The summed E-state index contributed by atoms with van der Waals surface area (Å²) in [6.45, 7) is 2.34. The molecule has 0 saturated heterocycles. The minimum Gasteiger partial charge on any atom is -0.493 e. The number of hydrogen-bond acceptors (Lipinski definition) is 4. The minimum absolute atomic E-state index is 0. The van der Waals surface area contributed by atoms with Crippen molar-refractivity contribution in [3.8, 4) is 11.5 Å². The molecule has 2 aromatic rings. The van der Waals surface area contributed by atoms with E-state index in [9.17, 15) is 0 Å². The van der Waals surface area contributed by atoms with E-state index in [1.807, 2.05) is 18.3 Å². The van der Waals surface area contributed by atoms with E-state index in [4.69, 9.17) is 9.47 Å². The van der Waals surface area contributed by atoms with Crippen molar-refractivity contribution in [2.24, 2.45) is 5.92 Å². The molecule has 0 bridgehead atoms. The molecule has 1 unspecified atom stereocenters. The Morgan fingerprint density at radius 2 is 1.75 bits per heavy atom. The largest absolute Gasteiger partial charge is 0.493 e. The third kappa shape index (κ3) is 4.58. The molecule has 1 heterocycles. The van der Waals surface area contributed by atoms with E-state index < -0.39 is 0 Å². The number of nitrogens with zero attached hydrogens (tertiary/aromatic N) is 1. The maximum Gasteiger partial charge on any atom is 0.162 e. The number of pyridine rings is 1. The first-order chi connectivity index (χ1) is 10.7. The fourth-order valence-corrected chi connectivity index (χ4v) is 3.34. The number of nitrogens with one attached hydrogen (secondary N) is 1. The summed E-state index contributed by atoms with van der Waals surface area (Å²) in [7, 11) is 3.30. The van der Waals surface area contributed by atoms with Gasteiger partial charge in [-0.25, -0.2) is 0 Å². The van der Waals surface area contributed by atoms with Gasteiger partial charge in [0.2, 0.25) is 0 Å². The van der Waals surface area contributed by atoms with Gasteiger partial charge in [0.15, 0.2) is 11.5 Å². The van der Waals surface area contributed by atoms with E-state index >= 15 is 0 Å². The lowest BCUT2D eigenvalue weighted by atomic mass is 9.87. The number of methoxy groups -OCH3 is 2. The Hall–Kier alpha value is -1.39. The average Bonchev–Trinajstić information content (AvgIpc) is 2.53. The molecule has 1 aliphatic rings. The Bertz CT molecular complexity index is 667. The minimum atomic E-state index is 0. The highest BCUT2D eigenvalue weighted by molar-refractivity contribution is 5.86. The molecular formula is C18H26Cl2N2O2. The van der Waals surface area contributed by atoms with Gasteiger partial charge in [-0.05, 0) is 30.9 Å². The third-order valence-corrected chi connectivity index (χ3v) is 4.49. The molecule has 2 atom stereocenters. The first kappa shape index (κ1) is 20.7. The highest BCUT2D eigenvalue weighted by atomic mass is 35.5. The van der Waals surface area contributed by atoms with Gasteiger partial charge in [0.05, 0.1) is 31.6 Å². The van der Waals surface area contributed by atoms with E-state index in [1.165, 1.54) is 25.7 Å². The first-order valence-electron chi connectivity index (χ1n) is 7.98. The number of aromatic nitrogens is 1. The van der Waals surface area contributed by atoms with Crippen LogP contribution in [-0.4, -0.2) is 25.2 Å². The highest BCUT2D eigenvalue weighted by Gasteiger charge is 2.18. The average molecular weight is 373 g/mol. The Kier molecular flexibility index (Phi) is 7.91. The predicted molar refractivity (Wildman–Crippen MR) is 104 cm³/mol. The molecular weight excluding hydrogens is 347 g/mol. The maximum atomic E-state index is 5.38. The summed E-state index contributed by atoms with van der Waals surface area (Å²) < 4.78 is 10.7. The van der Waals surface area contributed by atoms with Crippen LogP contribution in [0.2, 0.25) is 0 Å². The molecule has 0 amide bonds. The van der Waals surface area contributed by atoms with Crippen molar-refractivity contribution in [1.29, 1.82) is 0 Å². The van der Waals surface area contributed by atoms with Gasteiger partial charge in [-0.2, -0.15) is 0 Å². The second kappa shape index (κ2) is 9.19. The van der Waals surface area contributed by atoms with Gasteiger partial charge >= 0.3 is 0 Å². The molecule has 1 N–H and O–H groups in total. The summed E-state index contributed by atoms with van der Waals surface area (Å²) in [6.07, 6.45) is 7.06. The van der Waals surface area contributed by atoms with Crippen LogP contribution in [0.15, 0.2) is 24.4 Å². The van der Waals surface area contributed by atoms with Crippen molar-refractivity contribution < 1.29 is 9.47 Å². The Morgan fingerprint density at radius 3 is 2.42 bits per heavy atom.